The minimum Gasteiger partial charge on any atom is -0.326 e. The SMILES string of the molecule is CC(C)c1ccc(NC(=O)CCC(=O)Nc2ccc3[nH]c(=O)[nH]c3n2)cc1. The summed E-state index contributed by atoms with van der Waals surface area (Å²) < 4.78 is 0. The highest BCUT2D eigenvalue weighted by Gasteiger charge is 2.10. The van der Waals surface area contributed by atoms with E-state index in [4.69, 9.17) is 0 Å². The summed E-state index contributed by atoms with van der Waals surface area (Å²) in [5.74, 6) is 0.175. The maximum Gasteiger partial charge on any atom is 0.325 e. The number of nitrogens with one attached hydrogen (secondary N) is 4. The van der Waals surface area contributed by atoms with Gasteiger partial charge in [-0.25, -0.2) is 9.78 Å². The third-order valence-electron chi connectivity index (χ3n) is 4.08. The number of anilines is 2. The van der Waals surface area contributed by atoms with Crippen molar-refractivity contribution in [2.24, 2.45) is 0 Å². The molecule has 0 saturated heterocycles. The van der Waals surface area contributed by atoms with Crippen molar-refractivity contribution in [2.75, 3.05) is 10.6 Å². The number of pyridine rings is 1. The smallest absolute Gasteiger partial charge is 0.325 e. The number of H-pyrrole nitrogens is 2. The summed E-state index contributed by atoms with van der Waals surface area (Å²) >= 11 is 0. The van der Waals surface area contributed by atoms with E-state index in [2.05, 4.69) is 39.4 Å². The number of carbonyl (C=O) groups is 2. The fraction of sp³-hybridized carbons (Fsp3) is 0.263. The summed E-state index contributed by atoms with van der Waals surface area (Å²) in [6.45, 7) is 4.21. The van der Waals surface area contributed by atoms with Crippen molar-refractivity contribution in [3.63, 3.8) is 0 Å². The van der Waals surface area contributed by atoms with Gasteiger partial charge in [0.2, 0.25) is 11.8 Å². The van der Waals surface area contributed by atoms with Crippen molar-refractivity contribution in [3.8, 4) is 0 Å². The first-order valence-electron chi connectivity index (χ1n) is 8.69. The molecule has 0 saturated carbocycles. The molecule has 140 valence electrons. The maximum atomic E-state index is 12.0. The molecule has 0 unspecified atom stereocenters. The molecule has 3 aromatic rings. The van der Waals surface area contributed by atoms with Crippen LogP contribution in [-0.4, -0.2) is 26.8 Å². The normalized spacial score (nSPS) is 10.9. The summed E-state index contributed by atoms with van der Waals surface area (Å²) in [6, 6.07) is 10.9. The highest BCUT2D eigenvalue weighted by Crippen LogP contribution is 2.17. The van der Waals surface area contributed by atoms with Gasteiger partial charge in [-0.05, 0) is 35.7 Å². The average molecular weight is 367 g/mol. The Bertz CT molecular complexity index is 1020. The van der Waals surface area contributed by atoms with Gasteiger partial charge in [0.25, 0.3) is 0 Å². The van der Waals surface area contributed by atoms with Gasteiger partial charge in [-0.15, -0.1) is 0 Å². The molecular weight excluding hydrogens is 346 g/mol. The zero-order valence-corrected chi connectivity index (χ0v) is 15.1. The second kappa shape index (κ2) is 7.86. The molecule has 1 aromatic carbocycles. The second-order valence-corrected chi connectivity index (χ2v) is 6.54. The Morgan fingerprint density at radius 2 is 1.63 bits per heavy atom. The summed E-state index contributed by atoms with van der Waals surface area (Å²) in [4.78, 5) is 44.5. The molecule has 2 aromatic heterocycles. The van der Waals surface area contributed by atoms with E-state index in [1.54, 1.807) is 12.1 Å². The van der Waals surface area contributed by atoms with E-state index in [0.717, 1.165) is 0 Å². The number of hydrogen-bond donors (Lipinski definition) is 4. The van der Waals surface area contributed by atoms with E-state index in [0.29, 0.717) is 28.6 Å². The number of imidazole rings is 1. The van der Waals surface area contributed by atoms with E-state index in [9.17, 15) is 14.4 Å². The highest BCUT2D eigenvalue weighted by atomic mass is 16.2. The molecule has 2 amide bonds. The number of aromatic amines is 2. The van der Waals surface area contributed by atoms with Crippen LogP contribution < -0.4 is 16.3 Å². The number of rotatable bonds is 6. The highest BCUT2D eigenvalue weighted by molar-refractivity contribution is 5.96. The molecule has 0 fully saturated rings. The summed E-state index contributed by atoms with van der Waals surface area (Å²) in [7, 11) is 0. The standard InChI is InChI=1S/C19H21N5O3/c1-11(2)12-3-5-13(6-4-12)20-16(25)9-10-17(26)22-15-8-7-14-18(23-15)24-19(27)21-14/h3-8,11H,9-10H2,1-2H3,(H,20,25)(H3,21,22,23,24,26,27). The monoisotopic (exact) mass is 367 g/mol. The van der Waals surface area contributed by atoms with Crippen LogP contribution in [0.15, 0.2) is 41.2 Å². The molecular formula is C19H21N5O3. The molecule has 0 atom stereocenters. The fourth-order valence-corrected chi connectivity index (χ4v) is 2.59. The molecule has 8 nitrogen and oxygen atoms in total. The lowest BCUT2D eigenvalue weighted by Gasteiger charge is -2.08. The minimum absolute atomic E-state index is 0.0271. The van der Waals surface area contributed by atoms with Crippen molar-refractivity contribution in [1.29, 1.82) is 0 Å². The first kappa shape index (κ1) is 18.4. The molecule has 0 aliphatic carbocycles. The zero-order valence-electron chi connectivity index (χ0n) is 15.1. The number of benzene rings is 1. The van der Waals surface area contributed by atoms with Crippen LogP contribution >= 0.6 is 0 Å². The van der Waals surface area contributed by atoms with E-state index >= 15 is 0 Å². The van der Waals surface area contributed by atoms with Gasteiger partial charge in [-0.2, -0.15) is 0 Å². The largest absolute Gasteiger partial charge is 0.326 e. The van der Waals surface area contributed by atoms with Crippen LogP contribution in [0.4, 0.5) is 11.5 Å². The lowest BCUT2D eigenvalue weighted by atomic mass is 10.0. The number of carbonyl (C=O) groups excluding carboxylic acids is 2. The third kappa shape index (κ3) is 4.81. The number of amides is 2. The molecule has 0 aliphatic rings. The van der Waals surface area contributed by atoms with Crippen LogP contribution in [0.1, 0.15) is 38.2 Å². The predicted molar refractivity (Wildman–Crippen MR) is 104 cm³/mol. The van der Waals surface area contributed by atoms with Gasteiger partial charge < -0.3 is 15.6 Å². The molecule has 4 N–H and O–H groups in total. The Balaban J connectivity index is 1.50. The second-order valence-electron chi connectivity index (χ2n) is 6.54. The lowest BCUT2D eigenvalue weighted by Crippen LogP contribution is -2.17. The van der Waals surface area contributed by atoms with E-state index in [-0.39, 0.29) is 30.3 Å². The Morgan fingerprint density at radius 1 is 0.963 bits per heavy atom. The molecule has 8 heteroatoms. The Kier molecular flexibility index (Phi) is 5.35. The Labute approximate surface area is 155 Å². The van der Waals surface area contributed by atoms with Crippen molar-refractivity contribution in [3.05, 3.63) is 52.4 Å². The van der Waals surface area contributed by atoms with Gasteiger partial charge in [0.05, 0.1) is 5.52 Å². The third-order valence-corrected chi connectivity index (χ3v) is 4.08. The topological polar surface area (TPSA) is 120 Å². The van der Waals surface area contributed by atoms with Crippen LogP contribution in [-0.2, 0) is 9.59 Å². The van der Waals surface area contributed by atoms with E-state index in [1.165, 1.54) is 5.56 Å². The van der Waals surface area contributed by atoms with Crippen molar-refractivity contribution >= 4 is 34.5 Å². The average Bonchev–Trinajstić information content (AvgIpc) is 3.00. The van der Waals surface area contributed by atoms with Crippen molar-refractivity contribution in [2.45, 2.75) is 32.6 Å². The summed E-state index contributed by atoms with van der Waals surface area (Å²) in [5.41, 5.74) is 2.45. The lowest BCUT2D eigenvalue weighted by molar-refractivity contribution is -0.121. The van der Waals surface area contributed by atoms with Crippen LogP contribution in [0, 0.1) is 0 Å². The van der Waals surface area contributed by atoms with Crippen LogP contribution in [0.5, 0.6) is 0 Å². The molecule has 0 bridgehead atoms. The number of aromatic nitrogens is 3. The summed E-state index contributed by atoms with van der Waals surface area (Å²) in [5, 5.41) is 5.39. The molecule has 0 radical (unpaired) electrons. The van der Waals surface area contributed by atoms with Gasteiger partial charge in [0, 0.05) is 18.5 Å². The van der Waals surface area contributed by atoms with Crippen LogP contribution in [0.25, 0.3) is 11.2 Å². The van der Waals surface area contributed by atoms with Gasteiger partial charge in [-0.3, -0.25) is 14.6 Å². The zero-order chi connectivity index (χ0) is 19.4. The van der Waals surface area contributed by atoms with E-state index in [1.807, 2.05) is 24.3 Å². The molecule has 3 rings (SSSR count). The first-order chi connectivity index (χ1) is 12.9. The van der Waals surface area contributed by atoms with Crippen LogP contribution in [0.3, 0.4) is 0 Å². The van der Waals surface area contributed by atoms with Crippen LogP contribution in [0.2, 0.25) is 0 Å². The fourth-order valence-electron chi connectivity index (χ4n) is 2.59. The molecule has 27 heavy (non-hydrogen) atoms. The first-order valence-corrected chi connectivity index (χ1v) is 8.69. The predicted octanol–water partition coefficient (Wildman–Crippen LogP) is 2.73. The minimum atomic E-state index is -0.362. The van der Waals surface area contributed by atoms with Gasteiger partial charge in [0.1, 0.15) is 5.82 Å². The van der Waals surface area contributed by atoms with Gasteiger partial charge in [-0.1, -0.05) is 26.0 Å². The Hall–Kier alpha value is -3.42. The number of nitrogens with zero attached hydrogens (tertiary/aromatic N) is 1. The van der Waals surface area contributed by atoms with Gasteiger partial charge in [0.15, 0.2) is 5.65 Å². The summed E-state index contributed by atoms with van der Waals surface area (Å²) in [6.07, 6.45) is 0.0836. The molecule has 2 heterocycles. The number of fused-ring (bicyclic) bond motifs is 1. The molecule has 0 spiro atoms. The van der Waals surface area contributed by atoms with Gasteiger partial charge >= 0.3 is 5.69 Å². The van der Waals surface area contributed by atoms with Crippen molar-refractivity contribution in [1.82, 2.24) is 15.0 Å². The maximum absolute atomic E-state index is 12.0. The van der Waals surface area contributed by atoms with E-state index < -0.39 is 0 Å². The Morgan fingerprint density at radius 3 is 2.30 bits per heavy atom. The molecule has 0 aliphatic heterocycles. The number of hydrogen-bond acceptors (Lipinski definition) is 4. The van der Waals surface area contributed by atoms with Crippen molar-refractivity contribution < 1.29 is 9.59 Å². The quantitative estimate of drug-likeness (QED) is 0.535.